The highest BCUT2D eigenvalue weighted by atomic mass is 35.5. The van der Waals surface area contributed by atoms with E-state index in [0.29, 0.717) is 20.6 Å². The zero-order valence-electron chi connectivity index (χ0n) is 12.7. The van der Waals surface area contributed by atoms with Crippen LogP contribution in [0, 0.1) is 0 Å². The van der Waals surface area contributed by atoms with Crippen LogP contribution >= 0.6 is 34.8 Å². The summed E-state index contributed by atoms with van der Waals surface area (Å²) in [4.78, 5) is 24.1. The Morgan fingerprint density at radius 3 is 2.21 bits per heavy atom. The predicted molar refractivity (Wildman–Crippen MR) is 95.8 cm³/mol. The molecule has 1 amide bonds. The van der Waals surface area contributed by atoms with E-state index in [4.69, 9.17) is 39.5 Å². The molecule has 2 aromatic carbocycles. The lowest BCUT2D eigenvalue weighted by Crippen LogP contribution is -2.30. The molecule has 0 fully saturated rings. The normalized spacial score (nSPS) is 11.7. The largest absolute Gasteiger partial charge is 0.452 e. The van der Waals surface area contributed by atoms with Crippen LogP contribution in [0.25, 0.3) is 0 Å². The fourth-order valence-corrected chi connectivity index (χ4v) is 2.63. The van der Waals surface area contributed by atoms with Crippen LogP contribution in [0.5, 0.6) is 0 Å². The van der Waals surface area contributed by atoms with Gasteiger partial charge in [-0.3, -0.25) is 9.59 Å². The Labute approximate surface area is 154 Å². The molecular formula is C17H14Cl3NO3. The van der Waals surface area contributed by atoms with Crippen molar-refractivity contribution < 1.29 is 14.3 Å². The number of hydrogen-bond acceptors (Lipinski definition) is 3. The van der Waals surface area contributed by atoms with Gasteiger partial charge >= 0.3 is 5.97 Å². The Morgan fingerprint density at radius 1 is 1.00 bits per heavy atom. The molecule has 4 nitrogen and oxygen atoms in total. The summed E-state index contributed by atoms with van der Waals surface area (Å²) >= 11 is 18.0. The van der Waals surface area contributed by atoms with E-state index in [1.165, 1.54) is 6.92 Å². The van der Waals surface area contributed by atoms with E-state index in [-0.39, 0.29) is 12.1 Å². The molecule has 0 saturated carbocycles. The summed E-state index contributed by atoms with van der Waals surface area (Å²) in [5.74, 6) is -1.09. The fraction of sp³-hybridized carbons (Fsp3) is 0.176. The fourth-order valence-electron chi connectivity index (χ4n) is 1.93. The van der Waals surface area contributed by atoms with Gasteiger partial charge in [-0.1, -0.05) is 59.1 Å². The van der Waals surface area contributed by atoms with E-state index in [9.17, 15) is 9.59 Å². The van der Waals surface area contributed by atoms with Crippen molar-refractivity contribution in [3.8, 4) is 0 Å². The van der Waals surface area contributed by atoms with Crippen molar-refractivity contribution in [3.63, 3.8) is 0 Å². The van der Waals surface area contributed by atoms with E-state index in [1.807, 2.05) is 0 Å². The van der Waals surface area contributed by atoms with Gasteiger partial charge in [0.25, 0.3) is 5.91 Å². The first-order chi connectivity index (χ1) is 11.4. The highest BCUT2D eigenvalue weighted by molar-refractivity contribution is 6.39. The second-order valence-electron chi connectivity index (χ2n) is 4.99. The molecule has 2 aromatic rings. The number of hydrogen-bond donors (Lipinski definition) is 1. The van der Waals surface area contributed by atoms with Crippen LogP contribution in [-0.2, 0) is 20.7 Å². The third-order valence-electron chi connectivity index (χ3n) is 3.18. The number of nitrogens with one attached hydrogen (secondary N) is 1. The maximum absolute atomic E-state index is 12.1. The molecule has 0 aliphatic carbocycles. The number of benzene rings is 2. The lowest BCUT2D eigenvalue weighted by atomic mass is 10.1. The van der Waals surface area contributed by atoms with Gasteiger partial charge in [-0.2, -0.15) is 0 Å². The minimum absolute atomic E-state index is 0.0237. The van der Waals surface area contributed by atoms with Crippen LogP contribution in [0.15, 0.2) is 42.5 Å². The number of carbonyl (C=O) groups is 2. The van der Waals surface area contributed by atoms with Gasteiger partial charge in [0.05, 0.1) is 22.2 Å². The van der Waals surface area contributed by atoms with Crippen molar-refractivity contribution >= 4 is 52.4 Å². The molecule has 1 N–H and O–H groups in total. The molecular weight excluding hydrogens is 373 g/mol. The summed E-state index contributed by atoms with van der Waals surface area (Å²) in [5, 5.41) is 3.61. The molecule has 0 unspecified atom stereocenters. The van der Waals surface area contributed by atoms with Gasteiger partial charge in [-0.15, -0.1) is 0 Å². The predicted octanol–water partition coefficient (Wildman–Crippen LogP) is 4.76. The molecule has 24 heavy (non-hydrogen) atoms. The Bertz CT molecular complexity index is 744. The first-order valence-corrected chi connectivity index (χ1v) is 8.19. The van der Waals surface area contributed by atoms with Crippen molar-refractivity contribution in [1.82, 2.24) is 0 Å². The second kappa shape index (κ2) is 8.38. The standard InChI is InChI=1S/C17H14Cl3NO3/c1-10(17(23)21-16-13(19)7-4-8-14(16)20)24-15(22)9-11-5-2-3-6-12(11)18/h2-8,10H,9H2,1H3,(H,21,23)/t10-/m0/s1. The minimum atomic E-state index is -1.01. The molecule has 7 heteroatoms. The highest BCUT2D eigenvalue weighted by Crippen LogP contribution is 2.30. The van der Waals surface area contributed by atoms with Crippen LogP contribution < -0.4 is 5.32 Å². The number of amides is 1. The summed E-state index contributed by atoms with van der Waals surface area (Å²) in [6, 6.07) is 11.8. The van der Waals surface area contributed by atoms with E-state index < -0.39 is 18.0 Å². The molecule has 0 bridgehead atoms. The number of esters is 1. The number of ether oxygens (including phenoxy) is 1. The number of para-hydroxylation sites is 1. The summed E-state index contributed by atoms with van der Waals surface area (Å²) in [6.07, 6.45) is -1.03. The van der Waals surface area contributed by atoms with Gasteiger partial charge in [0.15, 0.2) is 6.10 Å². The Morgan fingerprint density at radius 2 is 1.58 bits per heavy atom. The second-order valence-corrected chi connectivity index (χ2v) is 6.21. The Balaban J connectivity index is 1.96. The van der Waals surface area contributed by atoms with Crippen molar-refractivity contribution in [3.05, 3.63) is 63.1 Å². The van der Waals surface area contributed by atoms with Crippen LogP contribution in [0.4, 0.5) is 5.69 Å². The smallest absolute Gasteiger partial charge is 0.311 e. The van der Waals surface area contributed by atoms with E-state index >= 15 is 0 Å². The third kappa shape index (κ3) is 4.87. The quantitative estimate of drug-likeness (QED) is 0.754. The van der Waals surface area contributed by atoms with Crippen LogP contribution in [0.2, 0.25) is 15.1 Å². The monoisotopic (exact) mass is 385 g/mol. The molecule has 1 atom stereocenters. The summed E-state index contributed by atoms with van der Waals surface area (Å²) in [5.41, 5.74) is 0.908. The van der Waals surface area contributed by atoms with Gasteiger partial charge in [0, 0.05) is 5.02 Å². The molecule has 0 radical (unpaired) electrons. The van der Waals surface area contributed by atoms with Crippen LogP contribution in [-0.4, -0.2) is 18.0 Å². The molecule has 0 aromatic heterocycles. The summed E-state index contributed by atoms with van der Waals surface area (Å²) < 4.78 is 5.13. The van der Waals surface area contributed by atoms with E-state index in [0.717, 1.165) is 0 Å². The number of halogens is 3. The molecule has 126 valence electrons. The van der Waals surface area contributed by atoms with E-state index in [2.05, 4.69) is 5.32 Å². The van der Waals surface area contributed by atoms with Crippen molar-refractivity contribution in [2.75, 3.05) is 5.32 Å². The van der Waals surface area contributed by atoms with Gasteiger partial charge in [-0.25, -0.2) is 0 Å². The van der Waals surface area contributed by atoms with Crippen LogP contribution in [0.3, 0.4) is 0 Å². The molecule has 0 spiro atoms. The van der Waals surface area contributed by atoms with Gasteiger partial charge in [0.1, 0.15) is 0 Å². The van der Waals surface area contributed by atoms with Crippen molar-refractivity contribution in [1.29, 1.82) is 0 Å². The zero-order valence-corrected chi connectivity index (χ0v) is 15.0. The maximum atomic E-state index is 12.1. The molecule has 2 rings (SSSR count). The lowest BCUT2D eigenvalue weighted by molar-refractivity contribution is -0.152. The Kier molecular flexibility index (Phi) is 6.49. The average Bonchev–Trinajstić information content (AvgIpc) is 2.53. The highest BCUT2D eigenvalue weighted by Gasteiger charge is 2.20. The zero-order chi connectivity index (χ0) is 17.7. The number of anilines is 1. The van der Waals surface area contributed by atoms with Crippen LogP contribution in [0.1, 0.15) is 12.5 Å². The molecule has 0 aliphatic rings. The van der Waals surface area contributed by atoms with Crippen molar-refractivity contribution in [2.24, 2.45) is 0 Å². The average molecular weight is 387 g/mol. The lowest BCUT2D eigenvalue weighted by Gasteiger charge is -2.15. The summed E-state index contributed by atoms with van der Waals surface area (Å²) in [7, 11) is 0. The van der Waals surface area contributed by atoms with E-state index in [1.54, 1.807) is 42.5 Å². The first-order valence-electron chi connectivity index (χ1n) is 7.06. The number of rotatable bonds is 5. The van der Waals surface area contributed by atoms with Gasteiger partial charge < -0.3 is 10.1 Å². The Hall–Kier alpha value is -1.75. The first kappa shape index (κ1) is 18.6. The minimum Gasteiger partial charge on any atom is -0.452 e. The maximum Gasteiger partial charge on any atom is 0.311 e. The van der Waals surface area contributed by atoms with Gasteiger partial charge in [-0.05, 0) is 30.7 Å². The molecule has 0 aliphatic heterocycles. The molecule has 0 heterocycles. The SMILES string of the molecule is C[C@H](OC(=O)Cc1ccccc1Cl)C(=O)Nc1c(Cl)cccc1Cl. The third-order valence-corrected chi connectivity index (χ3v) is 4.18. The summed E-state index contributed by atoms with van der Waals surface area (Å²) in [6.45, 7) is 1.46. The number of carbonyl (C=O) groups excluding carboxylic acids is 2. The molecule has 0 saturated heterocycles. The van der Waals surface area contributed by atoms with Gasteiger partial charge in [0.2, 0.25) is 0 Å². The van der Waals surface area contributed by atoms with Crippen molar-refractivity contribution in [2.45, 2.75) is 19.4 Å². The topological polar surface area (TPSA) is 55.4 Å².